The smallest absolute Gasteiger partial charge is 0.254 e. The van der Waals surface area contributed by atoms with Gasteiger partial charge in [0.05, 0.1) is 31.0 Å². The van der Waals surface area contributed by atoms with Gasteiger partial charge in [0.15, 0.2) is 0 Å². The Balaban J connectivity index is 1.34. The normalized spacial score (nSPS) is 20.2. The SMILES string of the molecule is COc1cc(C(=O)N2CC(OC)C2)ccc1Nc1cc2cc(C(C=NC3CCCC3O)=CN)ccc2cn1. The highest BCUT2D eigenvalue weighted by Gasteiger charge is 2.31. The Labute approximate surface area is 222 Å². The zero-order valence-electron chi connectivity index (χ0n) is 21.6. The van der Waals surface area contributed by atoms with E-state index in [9.17, 15) is 9.90 Å². The number of nitrogens with zero attached hydrogens (tertiary/aromatic N) is 3. The molecule has 5 rings (SSSR count). The van der Waals surface area contributed by atoms with Gasteiger partial charge in [-0.15, -0.1) is 0 Å². The number of aliphatic imine (C=N–C) groups is 1. The molecule has 0 spiro atoms. The molecule has 2 fully saturated rings. The van der Waals surface area contributed by atoms with Gasteiger partial charge in [0.25, 0.3) is 5.91 Å². The van der Waals surface area contributed by atoms with E-state index in [-0.39, 0.29) is 24.2 Å². The number of aromatic nitrogens is 1. The molecule has 1 saturated carbocycles. The lowest BCUT2D eigenvalue weighted by atomic mass is 10.0. The number of aliphatic hydroxyl groups excluding tert-OH is 1. The van der Waals surface area contributed by atoms with Crippen LogP contribution in [0.2, 0.25) is 0 Å². The van der Waals surface area contributed by atoms with E-state index in [4.69, 9.17) is 15.2 Å². The lowest BCUT2D eigenvalue weighted by Crippen LogP contribution is -2.54. The van der Waals surface area contributed by atoms with Crippen LogP contribution >= 0.6 is 0 Å². The fourth-order valence-electron chi connectivity index (χ4n) is 4.87. The summed E-state index contributed by atoms with van der Waals surface area (Å²) >= 11 is 0. The molecular formula is C29H33N5O4. The minimum Gasteiger partial charge on any atom is -0.495 e. The number of allylic oxidation sites excluding steroid dienone is 1. The Morgan fingerprint density at radius 2 is 1.95 bits per heavy atom. The van der Waals surface area contributed by atoms with Gasteiger partial charge in [-0.05, 0) is 60.5 Å². The number of benzene rings is 2. The average molecular weight is 516 g/mol. The van der Waals surface area contributed by atoms with Crippen molar-refractivity contribution >= 4 is 40.0 Å². The van der Waals surface area contributed by atoms with Gasteiger partial charge in [-0.1, -0.05) is 12.1 Å². The van der Waals surface area contributed by atoms with Crippen molar-refractivity contribution in [3.05, 3.63) is 66.0 Å². The van der Waals surface area contributed by atoms with Crippen LogP contribution in [0, 0.1) is 0 Å². The topological polar surface area (TPSA) is 122 Å². The highest BCUT2D eigenvalue weighted by atomic mass is 16.5. The van der Waals surface area contributed by atoms with E-state index in [2.05, 4.69) is 15.3 Å². The summed E-state index contributed by atoms with van der Waals surface area (Å²) in [5.41, 5.74) is 8.90. The highest BCUT2D eigenvalue weighted by molar-refractivity contribution is 6.10. The number of nitrogens with one attached hydrogen (secondary N) is 1. The van der Waals surface area contributed by atoms with E-state index >= 15 is 0 Å². The standard InChI is InChI=1S/C29H33N5O4/c1-37-23-16-34(17-23)29(36)19-8-9-25(27(11-19)38-2)33-28-12-21-10-18(6-7-20(21)14-32-28)22(13-30)15-31-24-4-3-5-26(24)35/h6-15,23-24,26,35H,3-5,16-17,30H2,1-2H3,(H,32,33). The number of hydrogen-bond donors (Lipinski definition) is 3. The second-order valence-electron chi connectivity index (χ2n) is 9.71. The minimum absolute atomic E-state index is 0.0470. The first-order valence-corrected chi connectivity index (χ1v) is 12.8. The molecule has 0 bridgehead atoms. The zero-order valence-corrected chi connectivity index (χ0v) is 21.6. The second-order valence-corrected chi connectivity index (χ2v) is 9.71. The number of carbonyl (C=O) groups excluding carboxylic acids is 1. The first-order valence-electron chi connectivity index (χ1n) is 12.8. The van der Waals surface area contributed by atoms with Gasteiger partial charge < -0.3 is 30.5 Å². The Hall–Kier alpha value is -3.95. The quantitative estimate of drug-likeness (QED) is 0.391. The van der Waals surface area contributed by atoms with Crippen LogP contribution in [0.15, 0.2) is 59.9 Å². The molecule has 9 nitrogen and oxygen atoms in total. The van der Waals surface area contributed by atoms with Crippen molar-refractivity contribution in [2.45, 2.75) is 37.5 Å². The van der Waals surface area contributed by atoms with Crippen LogP contribution in [0.4, 0.5) is 11.5 Å². The Morgan fingerprint density at radius 1 is 1.13 bits per heavy atom. The molecule has 2 aliphatic rings. The number of fused-ring (bicyclic) bond motifs is 1. The van der Waals surface area contributed by atoms with Crippen LogP contribution in [0.1, 0.15) is 35.2 Å². The van der Waals surface area contributed by atoms with Crippen molar-refractivity contribution in [2.75, 3.05) is 32.6 Å². The number of methoxy groups -OCH3 is 2. The summed E-state index contributed by atoms with van der Waals surface area (Å²) in [5, 5.41) is 15.3. The van der Waals surface area contributed by atoms with Gasteiger partial charge in [-0.2, -0.15) is 0 Å². The molecule has 1 aromatic heterocycles. The van der Waals surface area contributed by atoms with E-state index in [1.165, 1.54) is 6.20 Å². The third-order valence-electron chi connectivity index (χ3n) is 7.26. The van der Waals surface area contributed by atoms with Crippen molar-refractivity contribution in [3.8, 4) is 5.75 Å². The molecule has 2 unspecified atom stereocenters. The summed E-state index contributed by atoms with van der Waals surface area (Å²) in [6.45, 7) is 1.19. The van der Waals surface area contributed by atoms with Gasteiger partial charge in [-0.3, -0.25) is 9.79 Å². The second kappa shape index (κ2) is 11.2. The van der Waals surface area contributed by atoms with Crippen LogP contribution in [-0.2, 0) is 4.74 Å². The van der Waals surface area contributed by atoms with Crippen molar-refractivity contribution < 1.29 is 19.4 Å². The van der Waals surface area contributed by atoms with E-state index in [0.717, 1.165) is 41.2 Å². The van der Waals surface area contributed by atoms with Crippen molar-refractivity contribution in [1.82, 2.24) is 9.88 Å². The van der Waals surface area contributed by atoms with Crippen LogP contribution in [0.25, 0.3) is 16.3 Å². The molecule has 1 saturated heterocycles. The summed E-state index contributed by atoms with van der Waals surface area (Å²) in [6, 6.07) is 13.2. The molecule has 0 radical (unpaired) electrons. The lowest BCUT2D eigenvalue weighted by Gasteiger charge is -2.38. The molecule has 2 heterocycles. The van der Waals surface area contributed by atoms with Gasteiger partial charge in [0, 0.05) is 55.3 Å². The van der Waals surface area contributed by atoms with E-state index in [1.54, 1.807) is 43.7 Å². The number of likely N-dealkylation sites (tertiary alicyclic amines) is 1. The lowest BCUT2D eigenvalue weighted by molar-refractivity contribution is -0.0192. The fourth-order valence-corrected chi connectivity index (χ4v) is 4.87. The number of amides is 1. The number of carbonyl (C=O) groups is 1. The number of anilines is 2. The molecular weight excluding hydrogens is 482 g/mol. The third kappa shape index (κ3) is 5.34. The number of ether oxygens (including phenoxy) is 2. The first-order chi connectivity index (χ1) is 18.5. The largest absolute Gasteiger partial charge is 0.495 e. The van der Waals surface area contributed by atoms with Crippen LogP contribution in [0.3, 0.4) is 0 Å². The van der Waals surface area contributed by atoms with Crippen molar-refractivity contribution in [2.24, 2.45) is 10.7 Å². The molecule has 2 aromatic carbocycles. The van der Waals surface area contributed by atoms with E-state index < -0.39 is 0 Å². The number of rotatable bonds is 8. The highest BCUT2D eigenvalue weighted by Crippen LogP contribution is 2.31. The predicted molar refractivity (Wildman–Crippen MR) is 149 cm³/mol. The number of hydrogen-bond acceptors (Lipinski definition) is 8. The molecule has 1 amide bonds. The maximum atomic E-state index is 12.8. The molecule has 1 aliphatic carbocycles. The van der Waals surface area contributed by atoms with E-state index in [1.807, 2.05) is 30.3 Å². The Morgan fingerprint density at radius 3 is 2.66 bits per heavy atom. The number of aliphatic hydroxyl groups is 1. The summed E-state index contributed by atoms with van der Waals surface area (Å²) in [4.78, 5) is 23.6. The van der Waals surface area contributed by atoms with Crippen molar-refractivity contribution in [1.29, 1.82) is 0 Å². The zero-order chi connectivity index (χ0) is 26.6. The van der Waals surface area contributed by atoms with Crippen LogP contribution < -0.4 is 15.8 Å². The van der Waals surface area contributed by atoms with Crippen LogP contribution in [-0.4, -0.2) is 72.7 Å². The predicted octanol–water partition coefficient (Wildman–Crippen LogP) is 3.74. The van der Waals surface area contributed by atoms with Gasteiger partial charge in [0.2, 0.25) is 0 Å². The summed E-state index contributed by atoms with van der Waals surface area (Å²) in [7, 11) is 3.23. The summed E-state index contributed by atoms with van der Waals surface area (Å²) < 4.78 is 10.8. The Bertz CT molecular complexity index is 1380. The first kappa shape index (κ1) is 25.7. The summed E-state index contributed by atoms with van der Waals surface area (Å²) in [5.74, 6) is 1.14. The van der Waals surface area contributed by atoms with Crippen LogP contribution in [0.5, 0.6) is 5.75 Å². The molecule has 1 aliphatic heterocycles. The molecule has 198 valence electrons. The van der Waals surface area contributed by atoms with Gasteiger partial charge in [-0.25, -0.2) is 4.98 Å². The Kier molecular flexibility index (Phi) is 7.57. The fraction of sp³-hybridized carbons (Fsp3) is 0.345. The third-order valence-corrected chi connectivity index (χ3v) is 7.26. The summed E-state index contributed by atoms with van der Waals surface area (Å²) in [6.07, 6.45) is 7.48. The monoisotopic (exact) mass is 515 g/mol. The number of pyridine rings is 1. The number of nitrogens with two attached hydrogens (primary N) is 1. The van der Waals surface area contributed by atoms with Gasteiger partial charge in [0.1, 0.15) is 11.6 Å². The molecule has 3 aromatic rings. The minimum atomic E-state index is -0.385. The maximum Gasteiger partial charge on any atom is 0.254 e. The van der Waals surface area contributed by atoms with Gasteiger partial charge >= 0.3 is 0 Å². The van der Waals surface area contributed by atoms with Crippen molar-refractivity contribution in [3.63, 3.8) is 0 Å². The molecule has 4 N–H and O–H groups in total. The molecule has 9 heteroatoms. The average Bonchev–Trinajstić information content (AvgIpc) is 3.32. The molecule has 38 heavy (non-hydrogen) atoms. The van der Waals surface area contributed by atoms with E-state index in [0.29, 0.717) is 35.9 Å². The molecule has 2 atom stereocenters. The maximum absolute atomic E-state index is 12.8.